The topological polar surface area (TPSA) is 45.7 Å². The minimum Gasteiger partial charge on any atom is -0.443 e. The number of carbonyl (C=O) groups is 1. The highest BCUT2D eigenvalue weighted by Gasteiger charge is 2.32. The van der Waals surface area contributed by atoms with Crippen LogP contribution in [0.15, 0.2) is 18.3 Å². The van der Waals surface area contributed by atoms with E-state index in [-0.39, 0.29) is 12.1 Å². The van der Waals surface area contributed by atoms with E-state index >= 15 is 0 Å². The van der Waals surface area contributed by atoms with Gasteiger partial charge >= 0.3 is 6.09 Å². The molecule has 1 aliphatic carbocycles. The molecule has 1 atom stereocenters. The minimum atomic E-state index is -0.505. The zero-order chi connectivity index (χ0) is 19.4. The normalized spacial score (nSPS) is 22.4. The summed E-state index contributed by atoms with van der Waals surface area (Å²) in [6.07, 6.45) is 11.0. The Morgan fingerprint density at radius 1 is 1.11 bits per heavy atom. The first-order valence-electron chi connectivity index (χ1n) is 10.5. The Balaban J connectivity index is 1.81. The second-order valence-corrected chi connectivity index (χ2v) is 9.08. The molecule has 1 aromatic rings. The van der Waals surface area contributed by atoms with Crippen LogP contribution in [-0.4, -0.2) is 41.2 Å². The predicted molar refractivity (Wildman–Crippen MR) is 109 cm³/mol. The van der Waals surface area contributed by atoms with Crippen molar-refractivity contribution >= 4 is 11.9 Å². The molecular weight excluding hydrogens is 338 g/mol. The SMILES string of the molecule is CN1CCCC[C@H]1c1ccc(N(C(=O)OC(C)(C)C)C2CCCCC2)nc1. The molecule has 2 aliphatic rings. The Kier molecular flexibility index (Phi) is 6.40. The van der Waals surface area contributed by atoms with Crippen LogP contribution in [0.5, 0.6) is 0 Å². The summed E-state index contributed by atoms with van der Waals surface area (Å²) in [6.45, 7) is 6.89. The highest BCUT2D eigenvalue weighted by Crippen LogP contribution is 2.32. The number of rotatable bonds is 3. The molecule has 2 fully saturated rings. The first-order chi connectivity index (χ1) is 12.8. The summed E-state index contributed by atoms with van der Waals surface area (Å²) in [5, 5.41) is 0. The zero-order valence-corrected chi connectivity index (χ0v) is 17.4. The van der Waals surface area contributed by atoms with Gasteiger partial charge in [0.2, 0.25) is 0 Å². The van der Waals surface area contributed by atoms with Crippen molar-refractivity contribution < 1.29 is 9.53 Å². The highest BCUT2D eigenvalue weighted by atomic mass is 16.6. The molecule has 0 bridgehead atoms. The summed E-state index contributed by atoms with van der Waals surface area (Å²) in [5.41, 5.74) is 0.739. The molecule has 0 spiro atoms. The van der Waals surface area contributed by atoms with Crippen molar-refractivity contribution in [3.8, 4) is 0 Å². The van der Waals surface area contributed by atoms with Crippen LogP contribution in [0.4, 0.5) is 10.6 Å². The number of aromatic nitrogens is 1. The molecule has 150 valence electrons. The van der Waals surface area contributed by atoms with E-state index in [0.29, 0.717) is 6.04 Å². The summed E-state index contributed by atoms with van der Waals surface area (Å²) in [6, 6.07) is 4.78. The van der Waals surface area contributed by atoms with Gasteiger partial charge < -0.3 is 4.74 Å². The van der Waals surface area contributed by atoms with E-state index in [2.05, 4.69) is 18.0 Å². The molecular formula is C22H35N3O2. The molecule has 27 heavy (non-hydrogen) atoms. The van der Waals surface area contributed by atoms with Crippen LogP contribution in [0.2, 0.25) is 0 Å². The lowest BCUT2D eigenvalue weighted by molar-refractivity contribution is 0.0556. The van der Waals surface area contributed by atoms with Crippen molar-refractivity contribution in [1.82, 2.24) is 9.88 Å². The Bertz CT molecular complexity index is 617. The van der Waals surface area contributed by atoms with E-state index in [9.17, 15) is 4.79 Å². The number of carbonyl (C=O) groups excluding carboxylic acids is 1. The molecule has 3 rings (SSSR count). The molecule has 1 amide bonds. The van der Waals surface area contributed by atoms with Gasteiger partial charge in [-0.2, -0.15) is 0 Å². The molecule has 2 heterocycles. The average molecular weight is 374 g/mol. The van der Waals surface area contributed by atoms with Gasteiger partial charge in [0.05, 0.1) is 0 Å². The summed E-state index contributed by atoms with van der Waals surface area (Å²) in [7, 11) is 2.19. The van der Waals surface area contributed by atoms with Gasteiger partial charge in [-0.15, -0.1) is 0 Å². The largest absolute Gasteiger partial charge is 0.443 e. The smallest absolute Gasteiger partial charge is 0.416 e. The van der Waals surface area contributed by atoms with Gasteiger partial charge in [-0.05, 0) is 71.7 Å². The van der Waals surface area contributed by atoms with Gasteiger partial charge in [0.25, 0.3) is 0 Å². The number of piperidine rings is 1. The number of hydrogen-bond acceptors (Lipinski definition) is 4. The molecule has 0 unspecified atom stereocenters. The summed E-state index contributed by atoms with van der Waals surface area (Å²) < 4.78 is 5.71. The van der Waals surface area contributed by atoms with Crippen molar-refractivity contribution in [1.29, 1.82) is 0 Å². The van der Waals surface area contributed by atoms with Crippen molar-refractivity contribution in [3.05, 3.63) is 23.9 Å². The zero-order valence-electron chi connectivity index (χ0n) is 17.4. The molecule has 0 radical (unpaired) electrons. The number of likely N-dealkylation sites (tertiary alicyclic amines) is 1. The van der Waals surface area contributed by atoms with Crippen LogP contribution in [-0.2, 0) is 4.74 Å². The van der Waals surface area contributed by atoms with Gasteiger partial charge in [0, 0.05) is 18.3 Å². The van der Waals surface area contributed by atoms with Gasteiger partial charge in [0.15, 0.2) is 0 Å². The molecule has 5 nitrogen and oxygen atoms in total. The van der Waals surface area contributed by atoms with Crippen LogP contribution < -0.4 is 4.90 Å². The second kappa shape index (κ2) is 8.59. The maximum Gasteiger partial charge on any atom is 0.416 e. The van der Waals surface area contributed by atoms with E-state index < -0.39 is 5.60 Å². The first kappa shape index (κ1) is 20.1. The molecule has 5 heteroatoms. The third-order valence-corrected chi connectivity index (χ3v) is 5.70. The summed E-state index contributed by atoms with van der Waals surface area (Å²) in [5.74, 6) is 0.721. The van der Waals surface area contributed by atoms with Crippen molar-refractivity contribution in [2.45, 2.75) is 89.8 Å². The van der Waals surface area contributed by atoms with Crippen LogP contribution >= 0.6 is 0 Å². The average Bonchev–Trinajstić information content (AvgIpc) is 2.62. The quantitative estimate of drug-likeness (QED) is 0.720. The van der Waals surface area contributed by atoms with E-state index in [0.717, 1.165) is 38.0 Å². The van der Waals surface area contributed by atoms with Crippen LogP contribution in [0.1, 0.15) is 83.7 Å². The molecule has 1 aromatic heterocycles. The van der Waals surface area contributed by atoms with Crippen LogP contribution in [0, 0.1) is 0 Å². The molecule has 1 saturated heterocycles. The summed E-state index contributed by atoms with van der Waals surface area (Å²) >= 11 is 0. The number of amides is 1. The Labute approximate surface area is 164 Å². The van der Waals surface area contributed by atoms with E-state index in [1.54, 1.807) is 4.90 Å². The van der Waals surface area contributed by atoms with Gasteiger partial charge in [-0.3, -0.25) is 9.80 Å². The van der Waals surface area contributed by atoms with Gasteiger partial charge in [-0.25, -0.2) is 9.78 Å². The van der Waals surface area contributed by atoms with E-state index in [1.807, 2.05) is 33.0 Å². The van der Waals surface area contributed by atoms with Gasteiger partial charge in [0.1, 0.15) is 11.4 Å². The van der Waals surface area contributed by atoms with Crippen LogP contribution in [0.3, 0.4) is 0 Å². The lowest BCUT2D eigenvalue weighted by atomic mass is 9.94. The lowest BCUT2D eigenvalue weighted by Gasteiger charge is -2.35. The molecule has 0 aromatic carbocycles. The highest BCUT2D eigenvalue weighted by molar-refractivity contribution is 5.87. The number of anilines is 1. The Hall–Kier alpha value is -1.62. The van der Waals surface area contributed by atoms with Crippen molar-refractivity contribution in [2.75, 3.05) is 18.5 Å². The second-order valence-electron chi connectivity index (χ2n) is 9.08. The Morgan fingerprint density at radius 3 is 2.41 bits per heavy atom. The number of ether oxygens (including phenoxy) is 1. The third-order valence-electron chi connectivity index (χ3n) is 5.70. The van der Waals surface area contributed by atoms with Gasteiger partial charge in [-0.1, -0.05) is 31.7 Å². The van der Waals surface area contributed by atoms with Crippen molar-refractivity contribution in [2.24, 2.45) is 0 Å². The van der Waals surface area contributed by atoms with E-state index in [4.69, 9.17) is 9.72 Å². The maximum atomic E-state index is 13.0. The maximum absolute atomic E-state index is 13.0. The minimum absolute atomic E-state index is 0.185. The first-order valence-corrected chi connectivity index (χ1v) is 10.5. The fraction of sp³-hybridized carbons (Fsp3) is 0.727. The van der Waals surface area contributed by atoms with Crippen molar-refractivity contribution in [3.63, 3.8) is 0 Å². The number of hydrogen-bond donors (Lipinski definition) is 0. The van der Waals surface area contributed by atoms with Crippen LogP contribution in [0.25, 0.3) is 0 Å². The summed E-state index contributed by atoms with van der Waals surface area (Å²) in [4.78, 5) is 21.9. The van der Waals surface area contributed by atoms with E-state index in [1.165, 1.54) is 31.2 Å². The molecule has 1 aliphatic heterocycles. The molecule has 1 saturated carbocycles. The monoisotopic (exact) mass is 373 g/mol. The fourth-order valence-electron chi connectivity index (χ4n) is 4.31. The molecule has 0 N–H and O–H groups in total. The predicted octanol–water partition coefficient (Wildman–Crippen LogP) is 5.31. The lowest BCUT2D eigenvalue weighted by Crippen LogP contribution is -2.45. The number of pyridine rings is 1. The third kappa shape index (κ3) is 5.22. The number of nitrogens with zero attached hydrogens (tertiary/aromatic N) is 3. The fourth-order valence-corrected chi connectivity index (χ4v) is 4.31. The Morgan fingerprint density at radius 2 is 1.81 bits per heavy atom. The standard InChI is InChI=1S/C22H35N3O2/c1-22(2,3)27-21(26)25(18-10-6-5-7-11-18)20-14-13-17(16-23-20)19-12-8-9-15-24(19)4/h13-14,16,18-19H,5-12,15H2,1-4H3/t19-/m0/s1.